The molecule has 0 bridgehead atoms. The summed E-state index contributed by atoms with van der Waals surface area (Å²) in [6.07, 6.45) is 0.130. The Morgan fingerprint density at radius 2 is 1.92 bits per heavy atom. The summed E-state index contributed by atoms with van der Waals surface area (Å²) in [5, 5.41) is 13.9. The number of aromatic nitrogens is 3. The third kappa shape index (κ3) is 5.37. The van der Waals surface area contributed by atoms with Gasteiger partial charge in [0.1, 0.15) is 29.6 Å². The van der Waals surface area contributed by atoms with Crippen molar-refractivity contribution in [3.05, 3.63) is 86.8 Å². The van der Waals surface area contributed by atoms with E-state index in [0.29, 0.717) is 22.6 Å². The van der Waals surface area contributed by atoms with Crippen LogP contribution in [-0.4, -0.2) is 26.3 Å². The molecule has 0 saturated carbocycles. The highest BCUT2D eigenvalue weighted by Crippen LogP contribution is 2.34. The molecule has 0 radical (unpaired) electrons. The Morgan fingerprint density at radius 1 is 1.14 bits per heavy atom. The van der Waals surface area contributed by atoms with Crippen molar-refractivity contribution in [3.63, 3.8) is 0 Å². The molecule has 0 aliphatic heterocycles. The topological polar surface area (TPSA) is 110 Å². The van der Waals surface area contributed by atoms with Gasteiger partial charge in [-0.2, -0.15) is 0 Å². The van der Waals surface area contributed by atoms with E-state index >= 15 is 4.39 Å². The zero-order valence-electron chi connectivity index (χ0n) is 20.2. The third-order valence-electron chi connectivity index (χ3n) is 5.53. The van der Waals surface area contributed by atoms with Crippen molar-refractivity contribution in [1.82, 2.24) is 15.1 Å². The summed E-state index contributed by atoms with van der Waals surface area (Å²) in [7, 11) is 0. The number of hydrogen-bond donors (Lipinski definition) is 2. The van der Waals surface area contributed by atoms with Gasteiger partial charge in [-0.15, -0.1) is 0 Å². The minimum atomic E-state index is -0.725. The van der Waals surface area contributed by atoms with Crippen LogP contribution in [0, 0.1) is 25.5 Å². The van der Waals surface area contributed by atoms with Crippen LogP contribution in [0.15, 0.2) is 45.7 Å². The molecule has 4 rings (SSSR count). The number of aromatic hydroxyl groups is 1. The number of H-pyrrole nitrogens is 1. The predicted molar refractivity (Wildman–Crippen MR) is 127 cm³/mol. The molecule has 4 aromatic rings. The Labute approximate surface area is 205 Å². The van der Waals surface area contributed by atoms with Gasteiger partial charge in [0.2, 0.25) is 0 Å². The molecule has 0 saturated heterocycles. The maximum Gasteiger partial charge on any atom is 0.439 e. The molecular formula is C26H25F2N3O5. The molecule has 2 aromatic carbocycles. The maximum atomic E-state index is 15.1. The van der Waals surface area contributed by atoms with Crippen molar-refractivity contribution in [3.8, 4) is 28.5 Å². The maximum absolute atomic E-state index is 15.1. The number of rotatable bonds is 8. The predicted octanol–water partition coefficient (Wildman–Crippen LogP) is 4.98. The fourth-order valence-corrected chi connectivity index (χ4v) is 3.81. The Balaban J connectivity index is 1.62. The van der Waals surface area contributed by atoms with Gasteiger partial charge in [0.05, 0.1) is 6.10 Å². The van der Waals surface area contributed by atoms with E-state index in [-0.39, 0.29) is 47.7 Å². The highest BCUT2D eigenvalue weighted by molar-refractivity contribution is 5.68. The van der Waals surface area contributed by atoms with E-state index in [0.717, 1.165) is 5.56 Å². The van der Waals surface area contributed by atoms with Crippen LogP contribution in [0.25, 0.3) is 11.3 Å². The van der Waals surface area contributed by atoms with Gasteiger partial charge >= 0.3 is 5.76 Å². The zero-order valence-corrected chi connectivity index (χ0v) is 20.2. The molecular weight excluding hydrogens is 472 g/mol. The highest BCUT2D eigenvalue weighted by atomic mass is 19.1. The Morgan fingerprint density at radius 3 is 2.61 bits per heavy atom. The molecule has 8 nitrogen and oxygen atoms in total. The van der Waals surface area contributed by atoms with Crippen molar-refractivity contribution >= 4 is 0 Å². The molecule has 188 valence electrons. The number of benzene rings is 2. The lowest BCUT2D eigenvalue weighted by molar-refractivity contribution is 0.242. The minimum absolute atomic E-state index is 0.000918. The van der Waals surface area contributed by atoms with E-state index in [2.05, 4.69) is 19.6 Å². The average molecular weight is 497 g/mol. The normalized spacial score (nSPS) is 11.2. The number of nitrogens with one attached hydrogen (secondary N) is 1. The van der Waals surface area contributed by atoms with Crippen LogP contribution in [0.5, 0.6) is 17.2 Å². The smallest absolute Gasteiger partial charge is 0.439 e. The summed E-state index contributed by atoms with van der Waals surface area (Å²) in [5.74, 6) is -1.45. The molecule has 36 heavy (non-hydrogen) atoms. The van der Waals surface area contributed by atoms with Gasteiger partial charge in [-0.1, -0.05) is 5.16 Å². The number of hydrogen-bond acceptors (Lipinski definition) is 7. The first kappa shape index (κ1) is 24.9. The summed E-state index contributed by atoms with van der Waals surface area (Å²) in [6, 6.07) is 8.85. The van der Waals surface area contributed by atoms with Gasteiger partial charge in [0, 0.05) is 17.7 Å². The number of halogens is 2. The van der Waals surface area contributed by atoms with Crippen molar-refractivity contribution < 1.29 is 27.9 Å². The molecule has 2 heterocycles. The Bertz CT molecular complexity index is 1460. The quantitative estimate of drug-likeness (QED) is 0.353. The fraction of sp³-hybridized carbons (Fsp3) is 0.269. The summed E-state index contributed by atoms with van der Waals surface area (Å²) < 4.78 is 45.3. The van der Waals surface area contributed by atoms with Crippen LogP contribution in [-0.2, 0) is 13.0 Å². The summed E-state index contributed by atoms with van der Waals surface area (Å²) in [5.41, 5.74) is 2.45. The lowest BCUT2D eigenvalue weighted by Crippen LogP contribution is -2.07. The third-order valence-corrected chi connectivity index (χ3v) is 5.53. The van der Waals surface area contributed by atoms with Crippen LogP contribution < -0.4 is 15.2 Å². The van der Waals surface area contributed by atoms with Crippen LogP contribution in [0.2, 0.25) is 0 Å². The van der Waals surface area contributed by atoms with E-state index in [1.165, 1.54) is 24.3 Å². The lowest BCUT2D eigenvalue weighted by Gasteiger charge is -2.16. The van der Waals surface area contributed by atoms with Crippen molar-refractivity contribution in [2.24, 2.45) is 0 Å². The first-order chi connectivity index (χ1) is 17.1. The second-order valence-corrected chi connectivity index (χ2v) is 8.59. The van der Waals surface area contributed by atoms with Crippen LogP contribution in [0.3, 0.4) is 0 Å². The molecule has 2 N–H and O–H groups in total. The minimum Gasteiger partial charge on any atom is -0.506 e. The SMILES string of the molecule is Cc1cc(OCc2noc(=O)[nH]2)c(F)c(C)c1Cc1ccc(O)c(-c2cc(OC(C)C)ccc2F)n1. The molecule has 0 spiro atoms. The summed E-state index contributed by atoms with van der Waals surface area (Å²) in [4.78, 5) is 17.9. The Kier molecular flexibility index (Phi) is 7.05. The number of aromatic amines is 1. The van der Waals surface area contributed by atoms with E-state index in [9.17, 15) is 14.3 Å². The van der Waals surface area contributed by atoms with Gasteiger partial charge in [-0.3, -0.25) is 9.51 Å². The molecule has 0 atom stereocenters. The number of ether oxygens (including phenoxy) is 2. The molecule has 0 amide bonds. The van der Waals surface area contributed by atoms with Gasteiger partial charge < -0.3 is 14.6 Å². The van der Waals surface area contributed by atoms with Crippen LogP contribution in [0.4, 0.5) is 8.78 Å². The highest BCUT2D eigenvalue weighted by Gasteiger charge is 2.18. The second-order valence-electron chi connectivity index (χ2n) is 8.59. The summed E-state index contributed by atoms with van der Waals surface area (Å²) >= 11 is 0. The van der Waals surface area contributed by atoms with E-state index in [1.54, 1.807) is 26.0 Å². The van der Waals surface area contributed by atoms with Gasteiger partial charge in [-0.25, -0.2) is 18.6 Å². The Hall–Kier alpha value is -4.21. The van der Waals surface area contributed by atoms with Crippen molar-refractivity contribution in [2.75, 3.05) is 0 Å². The fourth-order valence-electron chi connectivity index (χ4n) is 3.81. The molecule has 0 unspecified atom stereocenters. The van der Waals surface area contributed by atoms with Crippen LogP contribution in [0.1, 0.15) is 42.1 Å². The monoisotopic (exact) mass is 497 g/mol. The largest absolute Gasteiger partial charge is 0.506 e. The van der Waals surface area contributed by atoms with E-state index < -0.39 is 17.4 Å². The number of nitrogens with zero attached hydrogens (tertiary/aromatic N) is 2. The second kappa shape index (κ2) is 10.2. The van der Waals surface area contributed by atoms with E-state index in [1.807, 2.05) is 13.8 Å². The molecule has 0 fully saturated rings. The number of aryl methyl sites for hydroxylation is 1. The first-order valence-electron chi connectivity index (χ1n) is 11.2. The molecule has 10 heteroatoms. The number of pyridine rings is 1. The van der Waals surface area contributed by atoms with Gasteiger partial charge in [-0.05, 0) is 80.8 Å². The average Bonchev–Trinajstić information content (AvgIpc) is 3.25. The summed E-state index contributed by atoms with van der Waals surface area (Å²) in [6.45, 7) is 6.97. The van der Waals surface area contributed by atoms with Gasteiger partial charge in [0.15, 0.2) is 17.4 Å². The zero-order chi connectivity index (χ0) is 26.0. The van der Waals surface area contributed by atoms with Crippen molar-refractivity contribution in [1.29, 1.82) is 0 Å². The van der Waals surface area contributed by atoms with E-state index in [4.69, 9.17) is 9.47 Å². The first-order valence-corrected chi connectivity index (χ1v) is 11.2. The van der Waals surface area contributed by atoms with Crippen molar-refractivity contribution in [2.45, 2.75) is 46.8 Å². The van der Waals surface area contributed by atoms with Gasteiger partial charge in [0.25, 0.3) is 0 Å². The molecule has 0 aliphatic carbocycles. The molecule has 2 aromatic heterocycles. The lowest BCUT2D eigenvalue weighted by atomic mass is 9.97. The standard InChI is InChI=1S/C26H25F2N3O5/c1-13(2)35-17-6-7-20(27)19(11-17)25-21(32)8-5-16(29-25)10-18-14(3)9-22(24(28)15(18)4)34-12-23-30-26(33)36-31-23/h5-9,11,13,32H,10,12H2,1-4H3,(H,30,31,33). The van der Waals surface area contributed by atoms with Crippen LogP contribution >= 0.6 is 0 Å². The molecule has 0 aliphatic rings.